The highest BCUT2D eigenvalue weighted by atomic mass is 32.2. The lowest BCUT2D eigenvalue weighted by Gasteiger charge is -2.20. The summed E-state index contributed by atoms with van der Waals surface area (Å²) >= 11 is 0. The van der Waals surface area contributed by atoms with Crippen molar-refractivity contribution in [2.45, 2.75) is 44.2 Å². The Kier molecular flexibility index (Phi) is 6.97. The highest BCUT2D eigenvalue weighted by Gasteiger charge is 2.30. The first kappa shape index (κ1) is 22.8. The van der Waals surface area contributed by atoms with Crippen molar-refractivity contribution in [1.82, 2.24) is 10.0 Å². The number of hydrogen-bond acceptors (Lipinski definition) is 5. The summed E-state index contributed by atoms with van der Waals surface area (Å²) < 4.78 is 32.8. The van der Waals surface area contributed by atoms with Gasteiger partial charge in [-0.1, -0.05) is 12.1 Å². The summed E-state index contributed by atoms with van der Waals surface area (Å²) in [5.74, 6) is 0.415. The molecule has 0 fully saturated rings. The highest BCUT2D eigenvalue weighted by Crippen LogP contribution is 2.33. The zero-order valence-corrected chi connectivity index (χ0v) is 18.7. The third-order valence-electron chi connectivity index (χ3n) is 5.21. The zero-order valence-electron chi connectivity index (χ0n) is 17.8. The van der Waals surface area contributed by atoms with Crippen LogP contribution in [0.15, 0.2) is 47.4 Å². The molecule has 3 rings (SSSR count). The number of nitrogens with zero attached hydrogens (tertiary/aromatic N) is 1. The Morgan fingerprint density at radius 3 is 2.52 bits per heavy atom. The van der Waals surface area contributed by atoms with Crippen LogP contribution in [0.25, 0.3) is 0 Å². The van der Waals surface area contributed by atoms with Gasteiger partial charge in [0.1, 0.15) is 5.75 Å². The van der Waals surface area contributed by atoms with E-state index in [1.54, 1.807) is 24.1 Å². The van der Waals surface area contributed by atoms with Crippen LogP contribution in [0.1, 0.15) is 31.4 Å². The minimum Gasteiger partial charge on any atom is -0.497 e. The molecule has 1 heterocycles. The van der Waals surface area contributed by atoms with Gasteiger partial charge in [0, 0.05) is 38.2 Å². The SMILES string of the molecule is COc1ccc(CNC(=O)CCNS(=O)(=O)c2ccc3c(c2)C[C@H](C)N3C(C)=O)cc1. The van der Waals surface area contributed by atoms with Crippen LogP contribution >= 0.6 is 0 Å². The first-order valence-corrected chi connectivity index (χ1v) is 11.5. The molecule has 0 radical (unpaired) electrons. The van der Waals surface area contributed by atoms with Gasteiger partial charge in [0.15, 0.2) is 0 Å². The minimum absolute atomic E-state index is 0.00666. The highest BCUT2D eigenvalue weighted by molar-refractivity contribution is 7.89. The van der Waals surface area contributed by atoms with E-state index in [4.69, 9.17) is 4.74 Å². The number of carbonyl (C=O) groups is 2. The first-order chi connectivity index (χ1) is 14.7. The quantitative estimate of drug-likeness (QED) is 0.647. The van der Waals surface area contributed by atoms with Gasteiger partial charge in [-0.2, -0.15) is 0 Å². The van der Waals surface area contributed by atoms with Crippen LogP contribution in [0.5, 0.6) is 5.75 Å². The summed E-state index contributed by atoms with van der Waals surface area (Å²) in [7, 11) is -2.17. The summed E-state index contributed by atoms with van der Waals surface area (Å²) in [4.78, 5) is 25.7. The Balaban J connectivity index is 1.52. The van der Waals surface area contributed by atoms with Crippen molar-refractivity contribution in [2.75, 3.05) is 18.6 Å². The van der Waals surface area contributed by atoms with Crippen molar-refractivity contribution in [3.63, 3.8) is 0 Å². The van der Waals surface area contributed by atoms with Crippen LogP contribution in [0.2, 0.25) is 0 Å². The van der Waals surface area contributed by atoms with Gasteiger partial charge in [-0.25, -0.2) is 13.1 Å². The average Bonchev–Trinajstić information content (AvgIpc) is 3.07. The van der Waals surface area contributed by atoms with Gasteiger partial charge in [0.05, 0.1) is 12.0 Å². The summed E-state index contributed by atoms with van der Waals surface area (Å²) in [6.07, 6.45) is 0.627. The normalized spacial score (nSPS) is 15.5. The Morgan fingerprint density at radius 2 is 1.87 bits per heavy atom. The molecule has 0 unspecified atom stereocenters. The maximum atomic E-state index is 12.6. The predicted octanol–water partition coefficient (Wildman–Crippen LogP) is 1.98. The average molecular weight is 446 g/mol. The topological polar surface area (TPSA) is 105 Å². The number of fused-ring (bicyclic) bond motifs is 1. The van der Waals surface area contributed by atoms with Crippen molar-refractivity contribution in [3.05, 3.63) is 53.6 Å². The molecule has 1 aliphatic heterocycles. The molecule has 0 aromatic heterocycles. The van der Waals surface area contributed by atoms with Gasteiger partial charge >= 0.3 is 0 Å². The maximum absolute atomic E-state index is 12.6. The molecule has 9 heteroatoms. The van der Waals surface area contributed by atoms with Crippen molar-refractivity contribution >= 4 is 27.5 Å². The first-order valence-electron chi connectivity index (χ1n) is 10.0. The lowest BCUT2D eigenvalue weighted by molar-refractivity contribution is -0.121. The van der Waals surface area contributed by atoms with Gasteiger partial charge in [-0.05, 0) is 54.8 Å². The van der Waals surface area contributed by atoms with E-state index in [1.807, 2.05) is 31.2 Å². The number of sulfonamides is 1. The van der Waals surface area contributed by atoms with E-state index in [0.717, 1.165) is 22.6 Å². The molecule has 31 heavy (non-hydrogen) atoms. The molecule has 0 spiro atoms. The summed E-state index contributed by atoms with van der Waals surface area (Å²) in [5.41, 5.74) is 2.49. The molecule has 2 aromatic carbocycles. The molecule has 8 nitrogen and oxygen atoms in total. The van der Waals surface area contributed by atoms with E-state index in [2.05, 4.69) is 10.0 Å². The number of hydrogen-bond donors (Lipinski definition) is 2. The fourth-order valence-electron chi connectivity index (χ4n) is 3.67. The molecule has 1 aliphatic rings. The summed E-state index contributed by atoms with van der Waals surface area (Å²) in [5, 5.41) is 2.76. The van der Waals surface area contributed by atoms with Crippen molar-refractivity contribution in [3.8, 4) is 5.75 Å². The van der Waals surface area contributed by atoms with Gasteiger partial charge < -0.3 is 15.0 Å². The molecule has 2 N–H and O–H groups in total. The summed E-state index contributed by atoms with van der Waals surface area (Å²) in [6, 6.07) is 12.1. The zero-order chi connectivity index (χ0) is 22.6. The number of anilines is 1. The van der Waals surface area contributed by atoms with Gasteiger partial charge in [0.2, 0.25) is 21.8 Å². The van der Waals surface area contributed by atoms with Gasteiger partial charge in [-0.15, -0.1) is 0 Å². The Hall–Kier alpha value is -2.91. The van der Waals surface area contributed by atoms with E-state index in [1.165, 1.54) is 13.0 Å². The number of benzene rings is 2. The van der Waals surface area contributed by atoms with Crippen LogP contribution < -0.4 is 19.7 Å². The smallest absolute Gasteiger partial charge is 0.240 e. The monoisotopic (exact) mass is 445 g/mol. The fourth-order valence-corrected chi connectivity index (χ4v) is 4.75. The summed E-state index contributed by atoms with van der Waals surface area (Å²) in [6.45, 7) is 3.77. The number of ether oxygens (including phenoxy) is 1. The second-order valence-electron chi connectivity index (χ2n) is 7.51. The van der Waals surface area contributed by atoms with E-state index in [-0.39, 0.29) is 35.7 Å². The van der Waals surface area contributed by atoms with Crippen molar-refractivity contribution in [2.24, 2.45) is 0 Å². The molecule has 166 valence electrons. The number of rotatable bonds is 8. The van der Waals surface area contributed by atoms with Crippen molar-refractivity contribution < 1.29 is 22.7 Å². The molecule has 2 amide bonds. The van der Waals surface area contributed by atoms with E-state index >= 15 is 0 Å². The Bertz CT molecular complexity index is 1070. The molecular weight excluding hydrogens is 418 g/mol. The minimum atomic E-state index is -3.75. The third-order valence-corrected chi connectivity index (χ3v) is 6.67. The largest absolute Gasteiger partial charge is 0.497 e. The molecule has 0 aliphatic carbocycles. The number of amides is 2. The second kappa shape index (κ2) is 9.49. The molecule has 2 aromatic rings. The van der Waals surface area contributed by atoms with Crippen LogP contribution in [0.3, 0.4) is 0 Å². The van der Waals surface area contributed by atoms with Crippen LogP contribution in [0, 0.1) is 0 Å². The third kappa shape index (κ3) is 5.42. The Morgan fingerprint density at radius 1 is 1.16 bits per heavy atom. The lowest BCUT2D eigenvalue weighted by Crippen LogP contribution is -2.33. The van der Waals surface area contributed by atoms with Crippen molar-refractivity contribution in [1.29, 1.82) is 0 Å². The van der Waals surface area contributed by atoms with Gasteiger partial charge in [0.25, 0.3) is 0 Å². The van der Waals surface area contributed by atoms with Crippen LogP contribution in [-0.4, -0.2) is 39.9 Å². The fraction of sp³-hybridized carbons (Fsp3) is 0.364. The number of nitrogens with one attached hydrogen (secondary N) is 2. The Labute approximate surface area is 182 Å². The maximum Gasteiger partial charge on any atom is 0.240 e. The van der Waals surface area contributed by atoms with Crippen LogP contribution in [-0.2, 0) is 32.6 Å². The second-order valence-corrected chi connectivity index (χ2v) is 9.27. The standard InChI is InChI=1S/C22H27N3O5S/c1-15-12-18-13-20(8-9-21(18)25(15)16(2)26)31(28,29)24-11-10-22(27)23-14-17-4-6-19(30-3)7-5-17/h4-9,13,15,24H,10-12,14H2,1-3H3,(H,23,27)/t15-/m0/s1. The van der Waals surface area contributed by atoms with Crippen LogP contribution in [0.4, 0.5) is 5.69 Å². The number of carbonyl (C=O) groups excluding carboxylic acids is 2. The molecular formula is C22H27N3O5S. The van der Waals surface area contributed by atoms with Gasteiger partial charge in [-0.3, -0.25) is 9.59 Å². The number of methoxy groups -OCH3 is 1. The lowest BCUT2D eigenvalue weighted by atomic mass is 10.1. The molecule has 0 saturated carbocycles. The molecule has 0 bridgehead atoms. The van der Waals surface area contributed by atoms with E-state index < -0.39 is 10.0 Å². The predicted molar refractivity (Wildman–Crippen MR) is 117 cm³/mol. The van der Waals surface area contributed by atoms with E-state index in [9.17, 15) is 18.0 Å². The van der Waals surface area contributed by atoms with E-state index in [0.29, 0.717) is 13.0 Å². The molecule has 1 atom stereocenters. The molecule has 0 saturated heterocycles.